The summed E-state index contributed by atoms with van der Waals surface area (Å²) in [5.74, 6) is 0. The third kappa shape index (κ3) is 2.89. The van der Waals surface area contributed by atoms with Crippen LogP contribution in [-0.4, -0.2) is 31.8 Å². The van der Waals surface area contributed by atoms with E-state index in [0.29, 0.717) is 5.15 Å². The monoisotopic (exact) mass is 440 g/mol. The Morgan fingerprint density at radius 2 is 2.00 bits per heavy atom. The Bertz CT molecular complexity index is 881. The summed E-state index contributed by atoms with van der Waals surface area (Å²) in [7, 11) is 0. The number of hydrogen-bond acceptors (Lipinski definition) is 4. The molecule has 140 valence electrons. The first-order valence-electron chi connectivity index (χ1n) is 8.82. The smallest absolute Gasteiger partial charge is 0.408 e. The summed E-state index contributed by atoms with van der Waals surface area (Å²) < 4.78 is 8.60. The maximum absolute atomic E-state index is 12.3. The van der Waals surface area contributed by atoms with E-state index < -0.39 is 5.60 Å². The summed E-state index contributed by atoms with van der Waals surface area (Å²) in [5.41, 5.74) is 0.0791. The van der Waals surface area contributed by atoms with Gasteiger partial charge in [0.15, 0.2) is 0 Å². The largest absolute Gasteiger partial charge is 0.444 e. The number of fused-ring (bicyclic) bond motifs is 3. The average molecular weight is 442 g/mol. The van der Waals surface area contributed by atoms with Gasteiger partial charge in [0, 0.05) is 21.7 Å². The van der Waals surface area contributed by atoms with E-state index in [9.17, 15) is 4.79 Å². The minimum Gasteiger partial charge on any atom is -0.444 e. The molecule has 6 nitrogen and oxygen atoms in total. The van der Waals surface area contributed by atoms with Crippen LogP contribution in [-0.2, 0) is 10.3 Å². The van der Waals surface area contributed by atoms with Gasteiger partial charge in [-0.2, -0.15) is 0 Å². The van der Waals surface area contributed by atoms with Crippen molar-refractivity contribution in [3.63, 3.8) is 0 Å². The molecule has 0 aliphatic heterocycles. The lowest BCUT2D eigenvalue weighted by molar-refractivity contribution is 0.0458. The fraction of sp³-hybridized carbons (Fsp3) is 0.611. The van der Waals surface area contributed by atoms with Gasteiger partial charge in [0.05, 0.1) is 5.39 Å². The van der Waals surface area contributed by atoms with Gasteiger partial charge in [-0.25, -0.2) is 14.8 Å². The number of nitrogens with one attached hydrogen (secondary N) is 1. The number of aromatic nitrogens is 3. The van der Waals surface area contributed by atoms with Gasteiger partial charge in [-0.15, -0.1) is 0 Å². The fourth-order valence-corrected chi connectivity index (χ4v) is 5.45. The van der Waals surface area contributed by atoms with Crippen molar-refractivity contribution in [1.82, 2.24) is 19.9 Å². The van der Waals surface area contributed by atoms with Gasteiger partial charge in [-0.3, -0.25) is 0 Å². The highest BCUT2D eigenvalue weighted by Crippen LogP contribution is 2.56. The standard InChI is InChI=1S/C18H22BrClN4O2/c1-16(2,3)26-15(25)23-17-4-6-18(9-17,7-5-17)24-8-11(19)12-13(20)21-10-22-14(12)24/h8,10H,4-7,9H2,1-3H3,(H,23,25). The number of alkyl carbamates (subject to hydrolysis) is 1. The van der Waals surface area contributed by atoms with Crippen LogP contribution in [0.4, 0.5) is 4.79 Å². The molecule has 4 rings (SSSR count). The third-order valence-electron chi connectivity index (χ3n) is 5.57. The predicted octanol–water partition coefficient (Wildman–Crippen LogP) is 4.78. The van der Waals surface area contributed by atoms with Crippen molar-refractivity contribution in [3.05, 3.63) is 22.1 Å². The summed E-state index contributed by atoms with van der Waals surface area (Å²) in [5, 5.41) is 4.45. The van der Waals surface area contributed by atoms with E-state index in [0.717, 1.165) is 47.6 Å². The molecule has 2 aliphatic carbocycles. The van der Waals surface area contributed by atoms with Crippen molar-refractivity contribution >= 4 is 44.7 Å². The molecule has 8 heteroatoms. The number of ether oxygens (including phenoxy) is 1. The summed E-state index contributed by atoms with van der Waals surface area (Å²) in [6, 6.07) is 0. The zero-order valence-corrected chi connectivity index (χ0v) is 17.4. The van der Waals surface area contributed by atoms with Crippen LogP contribution in [0.25, 0.3) is 11.0 Å². The molecule has 26 heavy (non-hydrogen) atoms. The minimum atomic E-state index is -0.496. The summed E-state index contributed by atoms with van der Waals surface area (Å²) in [4.78, 5) is 20.9. The van der Waals surface area contributed by atoms with E-state index in [1.165, 1.54) is 6.33 Å². The summed E-state index contributed by atoms with van der Waals surface area (Å²) in [6.07, 6.45) is 7.93. The van der Waals surface area contributed by atoms with Crippen molar-refractivity contribution in [1.29, 1.82) is 0 Å². The number of hydrogen-bond donors (Lipinski definition) is 1. The van der Waals surface area contributed by atoms with Gasteiger partial charge in [0.25, 0.3) is 0 Å². The van der Waals surface area contributed by atoms with Crippen LogP contribution in [0.3, 0.4) is 0 Å². The number of amides is 1. The molecule has 0 aromatic carbocycles. The zero-order valence-electron chi connectivity index (χ0n) is 15.1. The molecule has 2 fully saturated rings. The van der Waals surface area contributed by atoms with Crippen LogP contribution in [0.15, 0.2) is 17.0 Å². The highest BCUT2D eigenvalue weighted by Gasteiger charge is 2.56. The maximum atomic E-state index is 12.3. The van der Waals surface area contributed by atoms with Crippen LogP contribution in [0.2, 0.25) is 5.15 Å². The van der Waals surface area contributed by atoms with Gasteiger partial charge in [0.1, 0.15) is 22.7 Å². The molecule has 0 saturated heterocycles. The number of carbonyl (C=O) groups excluding carboxylic acids is 1. The first-order valence-corrected chi connectivity index (χ1v) is 9.99. The lowest BCUT2D eigenvalue weighted by Gasteiger charge is -2.30. The Morgan fingerprint density at radius 1 is 1.31 bits per heavy atom. The molecule has 2 saturated carbocycles. The lowest BCUT2D eigenvalue weighted by atomic mass is 9.91. The molecule has 0 spiro atoms. The number of carbonyl (C=O) groups is 1. The van der Waals surface area contributed by atoms with E-state index in [2.05, 4.69) is 42.0 Å². The Morgan fingerprint density at radius 3 is 2.65 bits per heavy atom. The quantitative estimate of drug-likeness (QED) is 0.681. The third-order valence-corrected chi connectivity index (χ3v) is 6.46. The van der Waals surface area contributed by atoms with Crippen molar-refractivity contribution in [2.75, 3.05) is 0 Å². The van der Waals surface area contributed by atoms with E-state index >= 15 is 0 Å². The summed E-state index contributed by atoms with van der Waals surface area (Å²) >= 11 is 9.87. The number of rotatable bonds is 2. The van der Waals surface area contributed by atoms with Crippen molar-refractivity contribution < 1.29 is 9.53 Å². The molecular weight excluding hydrogens is 420 g/mol. The molecule has 2 aromatic rings. The van der Waals surface area contributed by atoms with Gasteiger partial charge in [0.2, 0.25) is 0 Å². The topological polar surface area (TPSA) is 69.0 Å². The van der Waals surface area contributed by atoms with Gasteiger partial charge < -0.3 is 14.6 Å². The molecule has 0 atom stereocenters. The molecule has 1 amide bonds. The SMILES string of the molecule is CC(C)(C)OC(=O)NC12CCC(n3cc(Br)c4c(Cl)ncnc43)(CC1)C2. The van der Waals surface area contributed by atoms with Crippen LogP contribution < -0.4 is 5.32 Å². The first-order chi connectivity index (χ1) is 12.1. The Hall–Kier alpha value is -1.34. The number of nitrogens with zero attached hydrogens (tertiary/aromatic N) is 3. The molecule has 1 N–H and O–H groups in total. The highest BCUT2D eigenvalue weighted by atomic mass is 79.9. The number of halogens is 2. The molecule has 0 unspecified atom stereocenters. The maximum Gasteiger partial charge on any atom is 0.408 e. The normalized spacial score (nSPS) is 27.9. The first kappa shape index (κ1) is 18.0. The molecule has 2 bridgehead atoms. The lowest BCUT2D eigenvalue weighted by Crippen LogP contribution is -2.47. The highest BCUT2D eigenvalue weighted by molar-refractivity contribution is 9.10. The predicted molar refractivity (Wildman–Crippen MR) is 103 cm³/mol. The van der Waals surface area contributed by atoms with Crippen LogP contribution >= 0.6 is 27.5 Å². The fourth-order valence-electron chi connectivity index (χ4n) is 4.54. The Kier molecular flexibility index (Phi) is 4.04. The Labute approximate surface area is 165 Å². The minimum absolute atomic E-state index is 0.0586. The average Bonchev–Trinajstić information content (AvgIpc) is 3.16. The molecular formula is C18H22BrClN4O2. The Balaban J connectivity index is 1.63. The second-order valence-corrected chi connectivity index (χ2v) is 9.73. The van der Waals surface area contributed by atoms with Crippen molar-refractivity contribution in [3.8, 4) is 0 Å². The molecule has 0 radical (unpaired) electrons. The van der Waals surface area contributed by atoms with Crippen LogP contribution in [0, 0.1) is 0 Å². The van der Waals surface area contributed by atoms with Crippen molar-refractivity contribution in [2.45, 2.75) is 69.6 Å². The second kappa shape index (κ2) is 5.83. The summed E-state index contributed by atoms with van der Waals surface area (Å²) in [6.45, 7) is 5.64. The van der Waals surface area contributed by atoms with E-state index in [1.54, 1.807) is 0 Å². The van der Waals surface area contributed by atoms with Gasteiger partial charge in [-0.1, -0.05) is 11.6 Å². The van der Waals surface area contributed by atoms with Crippen molar-refractivity contribution in [2.24, 2.45) is 0 Å². The molecule has 2 aliphatic rings. The van der Waals surface area contributed by atoms with E-state index in [1.807, 2.05) is 20.8 Å². The molecule has 2 aromatic heterocycles. The van der Waals surface area contributed by atoms with Crippen LogP contribution in [0.1, 0.15) is 52.9 Å². The van der Waals surface area contributed by atoms with Gasteiger partial charge >= 0.3 is 6.09 Å². The van der Waals surface area contributed by atoms with E-state index in [-0.39, 0.29) is 17.2 Å². The van der Waals surface area contributed by atoms with Gasteiger partial charge in [-0.05, 0) is 68.8 Å². The zero-order chi connectivity index (χ0) is 18.7. The second-order valence-electron chi connectivity index (χ2n) is 8.52. The molecule has 2 heterocycles. The van der Waals surface area contributed by atoms with E-state index in [4.69, 9.17) is 16.3 Å². The van der Waals surface area contributed by atoms with Crippen LogP contribution in [0.5, 0.6) is 0 Å².